The van der Waals surface area contributed by atoms with Gasteiger partial charge in [-0.25, -0.2) is 4.79 Å². The first-order valence-electron chi connectivity index (χ1n) is 5.58. The normalized spacial score (nSPS) is 10.8. The van der Waals surface area contributed by atoms with Crippen molar-refractivity contribution in [2.75, 3.05) is 6.61 Å². The van der Waals surface area contributed by atoms with Crippen LogP contribution in [0.5, 0.6) is 0 Å². The minimum Gasteiger partial charge on any atom is -0.535 e. The van der Waals surface area contributed by atoms with Crippen molar-refractivity contribution in [1.29, 1.82) is 0 Å². The van der Waals surface area contributed by atoms with Gasteiger partial charge in [-0.1, -0.05) is 36.9 Å². The van der Waals surface area contributed by atoms with Crippen LogP contribution in [0.15, 0.2) is 42.7 Å². The van der Waals surface area contributed by atoms with Crippen LogP contribution in [0.4, 0.5) is 0 Å². The molecular weight excluding hydrogens is 232 g/mol. The van der Waals surface area contributed by atoms with Gasteiger partial charge in [0.15, 0.2) is 5.76 Å². The second-order valence-electron chi connectivity index (χ2n) is 4.12. The van der Waals surface area contributed by atoms with Gasteiger partial charge in [-0.15, -0.1) is 0 Å². The number of benzene rings is 1. The quantitative estimate of drug-likeness (QED) is 0.348. The third kappa shape index (κ3) is 3.74. The molecule has 1 aromatic carbocycles. The van der Waals surface area contributed by atoms with Gasteiger partial charge in [0.05, 0.1) is 6.61 Å². The Morgan fingerprint density at radius 2 is 1.88 bits per heavy atom. The van der Waals surface area contributed by atoms with Crippen LogP contribution in [0.25, 0.3) is 0 Å². The van der Waals surface area contributed by atoms with Gasteiger partial charge < -0.3 is 9.16 Å². The van der Waals surface area contributed by atoms with Crippen molar-refractivity contribution >= 4 is 19.5 Å². The van der Waals surface area contributed by atoms with Gasteiger partial charge in [0.1, 0.15) is 0 Å². The van der Waals surface area contributed by atoms with Gasteiger partial charge in [-0.2, -0.15) is 0 Å². The zero-order valence-corrected chi connectivity index (χ0v) is 11.5. The van der Waals surface area contributed by atoms with Crippen LogP contribution in [0.1, 0.15) is 6.92 Å². The minimum atomic E-state index is -2.13. The predicted molar refractivity (Wildman–Crippen MR) is 70.4 cm³/mol. The molecule has 92 valence electrons. The Balaban J connectivity index is 2.73. The molecule has 0 aliphatic rings. The van der Waals surface area contributed by atoms with Crippen LogP contribution in [0.3, 0.4) is 0 Å². The lowest BCUT2D eigenvalue weighted by molar-refractivity contribution is -0.141. The van der Waals surface area contributed by atoms with E-state index in [0.717, 1.165) is 5.19 Å². The summed E-state index contributed by atoms with van der Waals surface area (Å²) in [5, 5.41) is 1.12. The van der Waals surface area contributed by atoms with Gasteiger partial charge in [0.2, 0.25) is 0 Å². The molecule has 0 aliphatic heterocycles. The molecule has 0 aliphatic carbocycles. The summed E-state index contributed by atoms with van der Waals surface area (Å²) >= 11 is 0. The highest BCUT2D eigenvalue weighted by Gasteiger charge is 2.29. The monoisotopic (exact) mass is 250 g/mol. The maximum atomic E-state index is 11.4. The average Bonchev–Trinajstić information content (AvgIpc) is 2.30. The van der Waals surface area contributed by atoms with Gasteiger partial charge in [0.25, 0.3) is 8.32 Å². The molecule has 1 rings (SSSR count). The molecule has 0 amide bonds. The summed E-state index contributed by atoms with van der Waals surface area (Å²) in [4.78, 5) is 11.4. The number of hydrogen-bond acceptors (Lipinski definition) is 3. The van der Waals surface area contributed by atoms with Crippen molar-refractivity contribution in [2.45, 2.75) is 20.0 Å². The Kier molecular flexibility index (Phi) is 4.51. The van der Waals surface area contributed by atoms with E-state index >= 15 is 0 Å². The molecule has 17 heavy (non-hydrogen) atoms. The second kappa shape index (κ2) is 5.68. The van der Waals surface area contributed by atoms with Crippen molar-refractivity contribution < 1.29 is 14.0 Å². The summed E-state index contributed by atoms with van der Waals surface area (Å²) in [5.41, 5.74) is 0. The second-order valence-corrected chi connectivity index (χ2v) is 7.92. The summed E-state index contributed by atoms with van der Waals surface area (Å²) in [6.07, 6.45) is 0. The standard InChI is InChI=1S/C13H18O3Si/c1-5-15-13(14)11(2)16-17(3,4)12-9-7-6-8-10-12/h6-10H,2,5H2,1,3-4H3. The summed E-state index contributed by atoms with van der Waals surface area (Å²) in [5.74, 6) is -0.392. The van der Waals surface area contributed by atoms with Crippen LogP contribution < -0.4 is 5.19 Å². The summed E-state index contributed by atoms with van der Waals surface area (Å²) in [6.45, 7) is 9.75. The number of hydrogen-bond donors (Lipinski definition) is 0. The zero-order valence-electron chi connectivity index (χ0n) is 10.5. The Labute approximate surface area is 103 Å². The van der Waals surface area contributed by atoms with E-state index in [4.69, 9.17) is 9.16 Å². The lowest BCUT2D eigenvalue weighted by Gasteiger charge is -2.24. The van der Waals surface area contributed by atoms with Crippen molar-refractivity contribution in [2.24, 2.45) is 0 Å². The van der Waals surface area contributed by atoms with Gasteiger partial charge in [-0.05, 0) is 25.2 Å². The van der Waals surface area contributed by atoms with Gasteiger partial charge in [0, 0.05) is 0 Å². The number of ether oxygens (including phenoxy) is 1. The fraction of sp³-hybridized carbons (Fsp3) is 0.308. The molecule has 0 heterocycles. The average molecular weight is 250 g/mol. The molecule has 0 saturated carbocycles. The SMILES string of the molecule is C=C(O[Si](C)(C)c1ccccc1)C(=O)OCC. The van der Waals surface area contributed by atoms with E-state index in [1.807, 2.05) is 43.4 Å². The number of rotatable bonds is 5. The van der Waals surface area contributed by atoms with E-state index < -0.39 is 14.3 Å². The fourth-order valence-electron chi connectivity index (χ4n) is 1.46. The molecular formula is C13H18O3Si. The highest BCUT2D eigenvalue weighted by Crippen LogP contribution is 2.11. The maximum Gasteiger partial charge on any atom is 0.371 e. The van der Waals surface area contributed by atoms with E-state index in [1.165, 1.54) is 0 Å². The van der Waals surface area contributed by atoms with Crippen molar-refractivity contribution in [1.82, 2.24) is 0 Å². The van der Waals surface area contributed by atoms with Crippen molar-refractivity contribution in [3.05, 3.63) is 42.7 Å². The maximum absolute atomic E-state index is 11.4. The highest BCUT2D eigenvalue weighted by molar-refractivity contribution is 6.84. The van der Waals surface area contributed by atoms with Crippen LogP contribution >= 0.6 is 0 Å². The van der Waals surface area contributed by atoms with E-state index in [0.29, 0.717) is 6.61 Å². The number of esters is 1. The Bertz CT molecular complexity index is 398. The largest absolute Gasteiger partial charge is 0.535 e. The van der Waals surface area contributed by atoms with E-state index in [1.54, 1.807) is 6.92 Å². The molecule has 0 fully saturated rings. The summed E-state index contributed by atoms with van der Waals surface area (Å²) < 4.78 is 10.6. The van der Waals surface area contributed by atoms with Crippen molar-refractivity contribution in [3.8, 4) is 0 Å². The van der Waals surface area contributed by atoms with Crippen LogP contribution in [-0.4, -0.2) is 20.9 Å². The number of carbonyl (C=O) groups is 1. The molecule has 0 spiro atoms. The molecule has 0 radical (unpaired) electrons. The van der Waals surface area contributed by atoms with Crippen LogP contribution in [0, 0.1) is 0 Å². The van der Waals surface area contributed by atoms with E-state index in [9.17, 15) is 4.79 Å². The molecule has 0 bridgehead atoms. The summed E-state index contributed by atoms with van der Waals surface area (Å²) in [6, 6.07) is 9.88. The molecule has 0 saturated heterocycles. The zero-order chi connectivity index (χ0) is 12.9. The Morgan fingerprint density at radius 1 is 1.29 bits per heavy atom. The van der Waals surface area contributed by atoms with Crippen molar-refractivity contribution in [3.63, 3.8) is 0 Å². The smallest absolute Gasteiger partial charge is 0.371 e. The lowest BCUT2D eigenvalue weighted by atomic mass is 10.4. The van der Waals surface area contributed by atoms with E-state index in [2.05, 4.69) is 6.58 Å². The summed E-state index contributed by atoms with van der Waals surface area (Å²) in [7, 11) is -2.13. The first-order chi connectivity index (χ1) is 7.97. The first kappa shape index (κ1) is 13.5. The predicted octanol–water partition coefficient (Wildman–Crippen LogP) is 2.19. The molecule has 0 N–H and O–H groups in total. The van der Waals surface area contributed by atoms with E-state index in [-0.39, 0.29) is 5.76 Å². The third-order valence-corrected chi connectivity index (χ3v) is 4.83. The molecule has 3 nitrogen and oxygen atoms in total. The molecule has 0 aromatic heterocycles. The van der Waals surface area contributed by atoms with Crippen LogP contribution in [0.2, 0.25) is 13.1 Å². The molecule has 0 atom stereocenters. The first-order valence-corrected chi connectivity index (χ1v) is 8.48. The number of carbonyl (C=O) groups excluding carboxylic acids is 1. The minimum absolute atomic E-state index is 0.0902. The molecule has 1 aromatic rings. The van der Waals surface area contributed by atoms with Gasteiger partial charge in [-0.3, -0.25) is 0 Å². The third-order valence-electron chi connectivity index (χ3n) is 2.35. The molecule has 0 unspecified atom stereocenters. The van der Waals surface area contributed by atoms with Gasteiger partial charge >= 0.3 is 5.97 Å². The van der Waals surface area contributed by atoms with Crippen LogP contribution in [-0.2, 0) is 14.0 Å². The lowest BCUT2D eigenvalue weighted by Crippen LogP contribution is -2.45. The molecule has 4 heteroatoms. The Morgan fingerprint density at radius 3 is 2.41 bits per heavy atom. The highest BCUT2D eigenvalue weighted by atomic mass is 28.4. The topological polar surface area (TPSA) is 35.5 Å². The Hall–Kier alpha value is -1.55. The fourth-order valence-corrected chi connectivity index (χ4v) is 3.27.